The van der Waals surface area contributed by atoms with E-state index in [-0.39, 0.29) is 42.1 Å². The van der Waals surface area contributed by atoms with Crippen molar-refractivity contribution in [1.82, 2.24) is 0 Å². The van der Waals surface area contributed by atoms with Crippen LogP contribution < -0.4 is 0 Å². The summed E-state index contributed by atoms with van der Waals surface area (Å²) >= 11 is 0. The lowest BCUT2D eigenvalue weighted by Crippen LogP contribution is -2.62. The van der Waals surface area contributed by atoms with E-state index < -0.39 is 40.9 Å². The first-order valence-corrected chi connectivity index (χ1v) is 12.7. The van der Waals surface area contributed by atoms with Crippen molar-refractivity contribution in [2.24, 2.45) is 28.6 Å². The number of rotatable bonds is 6. The smallest absolute Gasteiger partial charge is 0.308 e. The summed E-state index contributed by atoms with van der Waals surface area (Å²) in [5.74, 6) is -1.48. The van der Waals surface area contributed by atoms with Crippen LogP contribution >= 0.6 is 0 Å². The molecule has 3 saturated carbocycles. The van der Waals surface area contributed by atoms with Gasteiger partial charge in [-0.2, -0.15) is 0 Å². The van der Waals surface area contributed by atoms with Crippen LogP contribution in [0.2, 0.25) is 0 Å². The zero-order valence-electron chi connectivity index (χ0n) is 20.7. The maximum Gasteiger partial charge on any atom is 0.308 e. The minimum absolute atomic E-state index is 0.00186. The third-order valence-electron chi connectivity index (χ3n) is 9.75. The Labute approximate surface area is 201 Å². The third kappa shape index (κ3) is 3.38. The van der Waals surface area contributed by atoms with Crippen LogP contribution in [0.3, 0.4) is 0 Å². The number of unbranched alkanes of at least 4 members (excludes halogenated alkanes) is 1. The van der Waals surface area contributed by atoms with Gasteiger partial charge in [0.15, 0.2) is 11.5 Å². The van der Waals surface area contributed by atoms with Crippen LogP contribution in [0.25, 0.3) is 0 Å². The van der Waals surface area contributed by atoms with Crippen molar-refractivity contribution in [3.05, 3.63) is 23.0 Å². The largest absolute Gasteiger partial charge is 0.423 e. The summed E-state index contributed by atoms with van der Waals surface area (Å²) in [4.78, 5) is 37.5. The predicted molar refractivity (Wildman–Crippen MR) is 124 cm³/mol. The summed E-state index contributed by atoms with van der Waals surface area (Å²) in [6.07, 6.45) is 5.71. The summed E-state index contributed by atoms with van der Waals surface area (Å²) in [7, 11) is 0. The molecule has 0 bridgehead atoms. The Morgan fingerprint density at radius 3 is 2.56 bits per heavy atom. The van der Waals surface area contributed by atoms with Gasteiger partial charge in [-0.05, 0) is 68.4 Å². The van der Waals surface area contributed by atoms with E-state index in [1.54, 1.807) is 6.08 Å². The Morgan fingerprint density at radius 2 is 1.94 bits per heavy atom. The van der Waals surface area contributed by atoms with Gasteiger partial charge < -0.3 is 20.1 Å². The lowest BCUT2D eigenvalue weighted by molar-refractivity contribution is -0.179. The van der Waals surface area contributed by atoms with Crippen LogP contribution in [0.5, 0.6) is 0 Å². The highest BCUT2D eigenvalue weighted by Gasteiger charge is 2.68. The highest BCUT2D eigenvalue weighted by atomic mass is 16.5. The Bertz CT molecular complexity index is 964. The monoisotopic (exact) mass is 474 g/mol. The maximum atomic E-state index is 13.0. The Balaban J connectivity index is 1.82. The molecule has 7 heteroatoms. The number of aliphatic hydroxyl groups is 3. The fraction of sp³-hybridized carbons (Fsp3) is 0.741. The molecule has 7 atom stereocenters. The van der Waals surface area contributed by atoms with Crippen molar-refractivity contribution in [2.45, 2.75) is 90.8 Å². The number of fused-ring (bicyclic) bond motifs is 5. The molecule has 0 unspecified atom stereocenters. The fourth-order valence-corrected chi connectivity index (χ4v) is 8.17. The SMILES string of the molecule is CCCCC1=C(OC(C)=O)C(=O)C=C2CC[C@@H]3[C@H]([C@@H](O)C[C@@]4(C)[C@H]3CC[C@]4(O)C(=O)CO)[C@]21C. The molecule has 0 aromatic heterocycles. The number of allylic oxidation sites excluding steroid dienone is 3. The molecule has 0 amide bonds. The Hall–Kier alpha value is -1.83. The number of ether oxygens (including phenoxy) is 1. The zero-order valence-corrected chi connectivity index (χ0v) is 20.7. The average Bonchev–Trinajstić information content (AvgIpc) is 3.04. The van der Waals surface area contributed by atoms with E-state index in [1.165, 1.54) is 6.92 Å². The van der Waals surface area contributed by atoms with E-state index in [9.17, 15) is 29.7 Å². The lowest BCUT2D eigenvalue weighted by atomic mass is 9.44. The van der Waals surface area contributed by atoms with Gasteiger partial charge in [0.2, 0.25) is 5.78 Å². The van der Waals surface area contributed by atoms with Gasteiger partial charge in [-0.25, -0.2) is 0 Å². The van der Waals surface area contributed by atoms with Gasteiger partial charge in [-0.1, -0.05) is 32.8 Å². The molecule has 4 aliphatic rings. The predicted octanol–water partition coefficient (Wildman–Crippen LogP) is 3.01. The molecule has 3 fully saturated rings. The van der Waals surface area contributed by atoms with E-state index in [0.29, 0.717) is 19.3 Å². The van der Waals surface area contributed by atoms with Crippen LogP contribution in [-0.4, -0.2) is 51.2 Å². The molecule has 34 heavy (non-hydrogen) atoms. The highest BCUT2D eigenvalue weighted by Crippen LogP contribution is 2.68. The van der Waals surface area contributed by atoms with Crippen LogP contribution in [0.4, 0.5) is 0 Å². The molecule has 4 rings (SSSR count). The van der Waals surface area contributed by atoms with Gasteiger partial charge >= 0.3 is 5.97 Å². The highest BCUT2D eigenvalue weighted by molar-refractivity contribution is 6.06. The summed E-state index contributed by atoms with van der Waals surface area (Å²) in [5.41, 5.74) is -1.35. The van der Waals surface area contributed by atoms with Crippen LogP contribution in [-0.2, 0) is 19.1 Å². The van der Waals surface area contributed by atoms with E-state index in [0.717, 1.165) is 30.4 Å². The summed E-state index contributed by atoms with van der Waals surface area (Å²) in [6.45, 7) is 6.60. The molecule has 188 valence electrons. The second-order valence-corrected chi connectivity index (χ2v) is 11.2. The molecule has 3 N–H and O–H groups in total. The van der Waals surface area contributed by atoms with Gasteiger partial charge in [-0.3, -0.25) is 14.4 Å². The number of hydrogen-bond donors (Lipinski definition) is 3. The lowest BCUT2D eigenvalue weighted by Gasteiger charge is -2.61. The second-order valence-electron chi connectivity index (χ2n) is 11.2. The van der Waals surface area contributed by atoms with E-state index in [4.69, 9.17) is 4.74 Å². The fourth-order valence-electron chi connectivity index (χ4n) is 8.17. The molecule has 0 heterocycles. The van der Waals surface area contributed by atoms with E-state index in [1.807, 2.05) is 6.92 Å². The van der Waals surface area contributed by atoms with Crippen LogP contribution in [0.1, 0.15) is 79.1 Å². The minimum Gasteiger partial charge on any atom is -0.423 e. The summed E-state index contributed by atoms with van der Waals surface area (Å²) < 4.78 is 5.48. The molecule has 0 aromatic rings. The first kappa shape index (κ1) is 25.3. The number of carbonyl (C=O) groups is 3. The number of esters is 1. The van der Waals surface area contributed by atoms with E-state index >= 15 is 0 Å². The van der Waals surface area contributed by atoms with Gasteiger partial charge in [0.25, 0.3) is 0 Å². The molecule has 0 radical (unpaired) electrons. The maximum absolute atomic E-state index is 13.0. The first-order valence-electron chi connectivity index (χ1n) is 12.7. The van der Waals surface area contributed by atoms with Crippen molar-refractivity contribution >= 4 is 17.5 Å². The Kier molecular flexibility index (Phi) is 6.45. The first-order chi connectivity index (χ1) is 16.0. The normalized spacial score (nSPS) is 41.4. The third-order valence-corrected chi connectivity index (χ3v) is 9.75. The zero-order chi connectivity index (χ0) is 25.1. The molecule has 0 spiro atoms. The van der Waals surface area contributed by atoms with Gasteiger partial charge in [-0.15, -0.1) is 0 Å². The molecule has 0 aromatic carbocycles. The number of aliphatic hydroxyl groups excluding tert-OH is 2. The van der Waals surface area contributed by atoms with Crippen molar-refractivity contribution in [1.29, 1.82) is 0 Å². The summed E-state index contributed by atoms with van der Waals surface area (Å²) in [5, 5.41) is 32.6. The van der Waals surface area contributed by atoms with Gasteiger partial charge in [0, 0.05) is 23.7 Å². The number of carbonyl (C=O) groups excluding carboxylic acids is 3. The number of ketones is 2. The molecule has 4 aliphatic carbocycles. The molecule has 7 nitrogen and oxygen atoms in total. The molecular weight excluding hydrogens is 436 g/mol. The van der Waals surface area contributed by atoms with E-state index in [2.05, 4.69) is 13.8 Å². The Morgan fingerprint density at radius 1 is 1.24 bits per heavy atom. The van der Waals surface area contributed by atoms with Crippen molar-refractivity contribution in [3.63, 3.8) is 0 Å². The standard InChI is InChI=1S/C27H38O7/c1-5-6-7-19-24(34-15(2)29)20(30)12-16-8-9-17-18-10-11-27(33,22(32)14-28)25(18,3)13-21(31)23(17)26(16,19)4/h12,17-18,21,23,28,31,33H,5-11,13-14H2,1-4H3/t17-,18-,21-,23+,25-,26+,27-/m0/s1. The van der Waals surface area contributed by atoms with Crippen molar-refractivity contribution in [2.75, 3.05) is 6.61 Å². The van der Waals surface area contributed by atoms with Crippen molar-refractivity contribution < 1.29 is 34.4 Å². The second kappa shape index (κ2) is 8.68. The minimum atomic E-state index is -1.65. The van der Waals surface area contributed by atoms with Crippen molar-refractivity contribution in [3.8, 4) is 0 Å². The van der Waals surface area contributed by atoms with Crippen LogP contribution in [0, 0.1) is 28.6 Å². The number of hydrogen-bond acceptors (Lipinski definition) is 7. The number of Topliss-reactive ketones (excluding diaryl/α,β-unsaturated/α-hetero) is 1. The van der Waals surface area contributed by atoms with Crippen LogP contribution in [0.15, 0.2) is 23.0 Å². The summed E-state index contributed by atoms with van der Waals surface area (Å²) in [6, 6.07) is 0. The molecule has 0 saturated heterocycles. The van der Waals surface area contributed by atoms with Gasteiger partial charge in [0.05, 0.1) is 6.10 Å². The average molecular weight is 475 g/mol. The quantitative estimate of drug-likeness (QED) is 0.506. The molecule has 0 aliphatic heterocycles. The molecular formula is C27H38O7. The van der Waals surface area contributed by atoms with Gasteiger partial charge in [0.1, 0.15) is 12.2 Å². The topological polar surface area (TPSA) is 121 Å².